The van der Waals surface area contributed by atoms with E-state index in [4.69, 9.17) is 15.0 Å². The van der Waals surface area contributed by atoms with E-state index in [2.05, 4.69) is 187 Å². The van der Waals surface area contributed by atoms with Gasteiger partial charge in [0.25, 0.3) is 0 Å². The third-order valence-electron chi connectivity index (χ3n) is 12.3. The second-order valence-electron chi connectivity index (χ2n) is 17.1. The molecule has 0 bridgehead atoms. The summed E-state index contributed by atoms with van der Waals surface area (Å²) in [6.45, 7) is 9.01. The maximum Gasteiger partial charge on any atom is 0.240 e. The van der Waals surface area contributed by atoms with Gasteiger partial charge in [0.15, 0.2) is 5.82 Å². The molecule has 7 nitrogen and oxygen atoms in total. The zero-order valence-corrected chi connectivity index (χ0v) is 34.7. The van der Waals surface area contributed by atoms with Crippen molar-refractivity contribution in [3.8, 4) is 35.0 Å². The zero-order chi connectivity index (χ0) is 41.4. The molecular formula is C54H43N7. The monoisotopic (exact) mass is 789 g/mol. The minimum Gasteiger partial charge on any atom is -0.308 e. The molecule has 4 heterocycles. The first-order chi connectivity index (χ1) is 29.8. The number of para-hydroxylation sites is 4. The van der Waals surface area contributed by atoms with E-state index in [0.717, 1.165) is 85.2 Å². The van der Waals surface area contributed by atoms with E-state index in [-0.39, 0.29) is 5.41 Å². The molecule has 0 aliphatic rings. The number of benzene rings is 7. The highest BCUT2D eigenvalue weighted by Gasteiger charge is 2.23. The molecule has 294 valence electrons. The van der Waals surface area contributed by atoms with E-state index in [1.165, 1.54) is 21.9 Å². The van der Waals surface area contributed by atoms with Crippen LogP contribution in [0, 0.1) is 11.3 Å². The van der Waals surface area contributed by atoms with Crippen LogP contribution in [-0.2, 0) is 11.8 Å². The number of fused-ring (bicyclic) bond motifs is 9. The van der Waals surface area contributed by atoms with Crippen molar-refractivity contribution < 1.29 is 0 Å². The number of hydrogen-bond acceptors (Lipinski definition) is 4. The van der Waals surface area contributed by atoms with Crippen LogP contribution in [0.2, 0.25) is 0 Å². The predicted octanol–water partition coefficient (Wildman–Crippen LogP) is 13.3. The Morgan fingerprint density at radius 1 is 0.508 bits per heavy atom. The molecule has 7 aromatic carbocycles. The molecule has 0 unspecified atom stereocenters. The average Bonchev–Trinajstić information content (AvgIpc) is 3.93. The maximum absolute atomic E-state index is 11.0. The van der Waals surface area contributed by atoms with Crippen LogP contribution in [0.5, 0.6) is 0 Å². The predicted molar refractivity (Wildman–Crippen MR) is 250 cm³/mol. The Kier molecular flexibility index (Phi) is 8.40. The molecule has 0 atom stereocenters. The first kappa shape index (κ1) is 36.5. The third kappa shape index (κ3) is 5.82. The Morgan fingerprint density at radius 3 is 1.51 bits per heavy atom. The molecule has 0 N–H and O–H groups in total. The fraction of sp³-hybridized carbons (Fsp3) is 0.148. The number of aryl methyl sites for hydroxylation is 1. The Bertz CT molecular complexity index is 3350. The zero-order valence-electron chi connectivity index (χ0n) is 34.7. The van der Waals surface area contributed by atoms with Gasteiger partial charge >= 0.3 is 0 Å². The minimum absolute atomic E-state index is 0.0113. The molecule has 0 fully saturated rings. The maximum atomic E-state index is 11.0. The van der Waals surface area contributed by atoms with E-state index in [9.17, 15) is 5.26 Å². The van der Waals surface area contributed by atoms with Crippen molar-refractivity contribution in [3.05, 3.63) is 168 Å². The summed E-state index contributed by atoms with van der Waals surface area (Å²) in [5.41, 5.74) is 10.8. The van der Waals surface area contributed by atoms with Crippen molar-refractivity contribution in [2.24, 2.45) is 0 Å². The van der Waals surface area contributed by atoms with E-state index in [1.54, 1.807) is 0 Å². The van der Waals surface area contributed by atoms with Gasteiger partial charge in [0, 0.05) is 37.9 Å². The lowest BCUT2D eigenvalue weighted by Gasteiger charge is -2.19. The van der Waals surface area contributed by atoms with Crippen molar-refractivity contribution in [2.45, 2.75) is 52.4 Å². The van der Waals surface area contributed by atoms with Crippen molar-refractivity contribution in [3.63, 3.8) is 0 Å². The molecule has 61 heavy (non-hydrogen) atoms. The quantitative estimate of drug-likeness (QED) is 0.161. The number of rotatable bonds is 7. The van der Waals surface area contributed by atoms with E-state index >= 15 is 0 Å². The van der Waals surface area contributed by atoms with Gasteiger partial charge in [-0.3, -0.25) is 9.13 Å². The first-order valence-corrected chi connectivity index (χ1v) is 21.2. The van der Waals surface area contributed by atoms with Crippen LogP contribution in [0.4, 0.5) is 0 Å². The summed E-state index contributed by atoms with van der Waals surface area (Å²) in [6.07, 6.45) is 3.33. The Hall–Kier alpha value is -7.56. The van der Waals surface area contributed by atoms with E-state index < -0.39 is 0 Å². The lowest BCUT2D eigenvalue weighted by atomic mass is 9.86. The summed E-state index contributed by atoms with van der Waals surface area (Å²) in [4.78, 5) is 15.8. The molecule has 0 radical (unpaired) electrons. The molecule has 11 rings (SSSR count). The number of nitrogens with zero attached hydrogens (tertiary/aromatic N) is 7. The van der Waals surface area contributed by atoms with Gasteiger partial charge in [0.1, 0.15) is 6.07 Å². The lowest BCUT2D eigenvalue weighted by Crippen LogP contribution is -2.10. The second-order valence-corrected chi connectivity index (χ2v) is 17.1. The SMILES string of the molecule is CCCCc1ccc2c(c1)c1cc(C(C)(C)C)ccc1n2-c1ccc(-c2nc(-n3c4ccccc4c4ccccc43)nc(-n3c4ccccc4c4ccccc43)n2)cc1C#N. The van der Waals surface area contributed by atoms with Gasteiger partial charge in [-0.25, -0.2) is 0 Å². The van der Waals surface area contributed by atoms with Crippen LogP contribution in [0.3, 0.4) is 0 Å². The number of nitriles is 1. The summed E-state index contributed by atoms with van der Waals surface area (Å²) >= 11 is 0. The van der Waals surface area contributed by atoms with Gasteiger partial charge < -0.3 is 4.57 Å². The summed E-state index contributed by atoms with van der Waals surface area (Å²) in [5, 5.41) is 17.8. The molecule has 0 saturated heterocycles. The summed E-state index contributed by atoms with van der Waals surface area (Å²) in [7, 11) is 0. The average molecular weight is 790 g/mol. The van der Waals surface area contributed by atoms with Crippen LogP contribution in [-0.4, -0.2) is 28.7 Å². The van der Waals surface area contributed by atoms with Gasteiger partial charge in [0.2, 0.25) is 11.9 Å². The second kappa shape index (κ2) is 14.0. The van der Waals surface area contributed by atoms with Gasteiger partial charge in [-0.15, -0.1) is 0 Å². The summed E-state index contributed by atoms with van der Waals surface area (Å²) in [6, 6.07) is 55.8. The summed E-state index contributed by atoms with van der Waals surface area (Å²) < 4.78 is 6.51. The molecule has 0 saturated carbocycles. The number of unbranched alkanes of at least 4 members (excludes halogenated alkanes) is 1. The van der Waals surface area contributed by atoms with Gasteiger partial charge in [-0.2, -0.15) is 20.2 Å². The summed E-state index contributed by atoms with van der Waals surface area (Å²) in [5.74, 6) is 1.47. The molecule has 0 spiro atoms. The molecule has 7 heteroatoms. The van der Waals surface area contributed by atoms with Gasteiger partial charge in [0.05, 0.1) is 44.4 Å². The highest BCUT2D eigenvalue weighted by molar-refractivity contribution is 6.11. The molecule has 0 aliphatic heterocycles. The fourth-order valence-corrected chi connectivity index (χ4v) is 9.25. The smallest absolute Gasteiger partial charge is 0.240 e. The lowest BCUT2D eigenvalue weighted by molar-refractivity contribution is 0.591. The largest absolute Gasteiger partial charge is 0.308 e. The van der Waals surface area contributed by atoms with Crippen molar-refractivity contribution in [2.75, 3.05) is 0 Å². The minimum atomic E-state index is -0.0113. The number of aromatic nitrogens is 6. The highest BCUT2D eigenvalue weighted by atomic mass is 15.3. The highest BCUT2D eigenvalue weighted by Crippen LogP contribution is 2.39. The fourth-order valence-electron chi connectivity index (χ4n) is 9.25. The normalized spacial score (nSPS) is 12.1. The Labute approximate surface area is 353 Å². The van der Waals surface area contributed by atoms with Crippen LogP contribution in [0.1, 0.15) is 57.2 Å². The molecule has 4 aromatic heterocycles. The molecule has 0 amide bonds. The van der Waals surface area contributed by atoms with Gasteiger partial charge in [-0.1, -0.05) is 119 Å². The topological polar surface area (TPSA) is 77.2 Å². The third-order valence-corrected chi connectivity index (χ3v) is 12.3. The molecule has 11 aromatic rings. The van der Waals surface area contributed by atoms with Crippen molar-refractivity contribution >= 4 is 65.4 Å². The Balaban J connectivity index is 1.16. The van der Waals surface area contributed by atoms with Crippen molar-refractivity contribution in [1.82, 2.24) is 28.7 Å². The van der Waals surface area contributed by atoms with Gasteiger partial charge in [-0.05, 0) is 96.1 Å². The van der Waals surface area contributed by atoms with E-state index in [1.807, 2.05) is 12.1 Å². The van der Waals surface area contributed by atoms with Crippen LogP contribution < -0.4 is 0 Å². The van der Waals surface area contributed by atoms with E-state index in [0.29, 0.717) is 23.3 Å². The Morgan fingerprint density at radius 2 is 1.00 bits per heavy atom. The molecule has 0 aliphatic carbocycles. The van der Waals surface area contributed by atoms with Crippen molar-refractivity contribution in [1.29, 1.82) is 5.26 Å². The molecular weight excluding hydrogens is 747 g/mol. The standard InChI is InChI=1S/C54H43N7/c1-5-6-15-34-24-27-49-42(30-34)43-32-37(54(2,3)4)26-29-50(43)59(49)44-28-25-35(31-36(44)33-55)51-56-52(60-45-20-11-7-16-38(45)39-17-8-12-21-46(39)60)58-53(57-51)61-47-22-13-9-18-40(47)41-19-10-14-23-48(41)61/h7-14,16-32H,5-6,15H2,1-4H3. The van der Waals surface area contributed by atoms with Crippen LogP contribution >= 0.6 is 0 Å². The number of hydrogen-bond donors (Lipinski definition) is 0. The van der Waals surface area contributed by atoms with Crippen LogP contribution in [0.15, 0.2) is 152 Å². The van der Waals surface area contributed by atoms with Crippen LogP contribution in [0.25, 0.3) is 94.4 Å². The first-order valence-electron chi connectivity index (χ1n) is 21.2.